The van der Waals surface area contributed by atoms with Crippen molar-refractivity contribution in [1.82, 2.24) is 0 Å². The zero-order valence-corrected chi connectivity index (χ0v) is 12.1. The molecule has 24 heavy (non-hydrogen) atoms. The van der Waals surface area contributed by atoms with E-state index in [1.165, 1.54) is 36.4 Å². The van der Waals surface area contributed by atoms with Gasteiger partial charge in [-0.15, -0.1) is 0 Å². The maximum absolute atomic E-state index is 9.82. The summed E-state index contributed by atoms with van der Waals surface area (Å²) in [5, 5.41) is 62.0. The first-order valence-electron chi connectivity index (χ1n) is 7.06. The van der Waals surface area contributed by atoms with E-state index in [1.807, 2.05) is 0 Å². The third kappa shape index (κ3) is 1.77. The van der Waals surface area contributed by atoms with E-state index in [4.69, 9.17) is 0 Å². The summed E-state index contributed by atoms with van der Waals surface area (Å²) in [7, 11) is 0. The zero-order chi connectivity index (χ0) is 17.2. The van der Waals surface area contributed by atoms with Crippen LogP contribution in [0.1, 0.15) is 0 Å². The molecule has 6 heteroatoms. The number of phenols is 6. The summed E-state index contributed by atoms with van der Waals surface area (Å²) in [6.45, 7) is 0. The van der Waals surface area contributed by atoms with Gasteiger partial charge < -0.3 is 30.6 Å². The minimum absolute atomic E-state index is 0.335. The van der Waals surface area contributed by atoms with Crippen molar-refractivity contribution < 1.29 is 30.6 Å². The zero-order valence-electron chi connectivity index (χ0n) is 12.1. The standard InChI is InChI=1S/C18H12O6/c19-13-1-7-8(2-14(13)20)10-4-17(23)18(24)6-12(10)11-5-16(22)15(21)3-9(7)11/h1-6,19-24H. The third-order valence-corrected chi connectivity index (χ3v) is 4.21. The molecule has 0 atom stereocenters. The van der Waals surface area contributed by atoms with Crippen LogP contribution in [-0.2, 0) is 0 Å². The van der Waals surface area contributed by atoms with E-state index >= 15 is 0 Å². The summed E-state index contributed by atoms with van der Waals surface area (Å²) < 4.78 is 0. The van der Waals surface area contributed by atoms with Gasteiger partial charge in [-0.05, 0) is 68.7 Å². The van der Waals surface area contributed by atoms with Crippen molar-refractivity contribution in [2.24, 2.45) is 0 Å². The first kappa shape index (κ1) is 14.1. The maximum Gasteiger partial charge on any atom is 0.158 e. The molecule has 4 rings (SSSR count). The highest BCUT2D eigenvalue weighted by Crippen LogP contribution is 2.45. The van der Waals surface area contributed by atoms with Gasteiger partial charge in [-0.25, -0.2) is 0 Å². The Morgan fingerprint density at radius 3 is 0.542 bits per heavy atom. The van der Waals surface area contributed by atoms with Gasteiger partial charge in [0.2, 0.25) is 0 Å². The van der Waals surface area contributed by atoms with Gasteiger partial charge in [-0.3, -0.25) is 0 Å². The molecule has 4 aromatic rings. The monoisotopic (exact) mass is 324 g/mol. The fourth-order valence-corrected chi connectivity index (χ4v) is 3.07. The predicted octanol–water partition coefficient (Wildman–Crippen LogP) is 3.38. The van der Waals surface area contributed by atoms with Crippen LogP contribution in [0.4, 0.5) is 0 Å². The Morgan fingerprint density at radius 2 is 0.417 bits per heavy atom. The van der Waals surface area contributed by atoms with Crippen molar-refractivity contribution in [3.8, 4) is 34.5 Å². The van der Waals surface area contributed by atoms with E-state index in [-0.39, 0.29) is 34.5 Å². The van der Waals surface area contributed by atoms with E-state index in [0.29, 0.717) is 32.3 Å². The molecule has 0 heterocycles. The lowest BCUT2D eigenvalue weighted by molar-refractivity contribution is 0.404. The second-order valence-corrected chi connectivity index (χ2v) is 5.66. The first-order chi connectivity index (χ1) is 11.4. The Balaban J connectivity index is 2.40. The topological polar surface area (TPSA) is 121 Å². The van der Waals surface area contributed by atoms with E-state index in [0.717, 1.165) is 0 Å². The van der Waals surface area contributed by atoms with Gasteiger partial charge in [0.1, 0.15) is 0 Å². The number of hydrogen-bond acceptors (Lipinski definition) is 6. The van der Waals surface area contributed by atoms with E-state index in [9.17, 15) is 30.6 Å². The molecule has 4 aromatic carbocycles. The third-order valence-electron chi connectivity index (χ3n) is 4.21. The second-order valence-electron chi connectivity index (χ2n) is 5.66. The van der Waals surface area contributed by atoms with Gasteiger partial charge in [-0.1, -0.05) is 0 Å². The summed E-state index contributed by atoms with van der Waals surface area (Å²) >= 11 is 0. The quantitative estimate of drug-likeness (QED) is 0.218. The summed E-state index contributed by atoms with van der Waals surface area (Å²) in [5.41, 5.74) is 0. The van der Waals surface area contributed by atoms with Crippen LogP contribution in [0, 0.1) is 0 Å². The van der Waals surface area contributed by atoms with Gasteiger partial charge in [0.05, 0.1) is 0 Å². The van der Waals surface area contributed by atoms with Crippen molar-refractivity contribution in [2.75, 3.05) is 0 Å². The number of phenolic OH excluding ortho intramolecular Hbond substituents is 6. The Morgan fingerprint density at radius 1 is 0.292 bits per heavy atom. The molecule has 0 saturated heterocycles. The number of hydrogen-bond donors (Lipinski definition) is 6. The smallest absolute Gasteiger partial charge is 0.158 e. The molecule has 6 N–H and O–H groups in total. The molecule has 0 fully saturated rings. The molecular weight excluding hydrogens is 312 g/mol. The molecule has 0 aliphatic rings. The highest BCUT2D eigenvalue weighted by molar-refractivity contribution is 6.26. The van der Waals surface area contributed by atoms with E-state index < -0.39 is 0 Å². The predicted molar refractivity (Wildman–Crippen MR) is 88.9 cm³/mol. The van der Waals surface area contributed by atoms with E-state index in [2.05, 4.69) is 0 Å². The van der Waals surface area contributed by atoms with Crippen LogP contribution in [0.5, 0.6) is 34.5 Å². The largest absolute Gasteiger partial charge is 0.504 e. The number of aromatic hydroxyl groups is 6. The van der Waals surface area contributed by atoms with Crippen LogP contribution in [0.3, 0.4) is 0 Å². The van der Waals surface area contributed by atoms with Crippen molar-refractivity contribution in [2.45, 2.75) is 0 Å². The normalized spacial score (nSPS) is 11.5. The van der Waals surface area contributed by atoms with E-state index in [1.54, 1.807) is 0 Å². The molecule has 0 aromatic heterocycles. The molecule has 0 amide bonds. The molecular formula is C18H12O6. The molecule has 0 bridgehead atoms. The lowest BCUT2D eigenvalue weighted by Crippen LogP contribution is -1.85. The maximum atomic E-state index is 9.82. The molecule has 0 unspecified atom stereocenters. The minimum Gasteiger partial charge on any atom is -0.504 e. The summed E-state index contributed by atoms with van der Waals surface area (Å²) in [6, 6.07) is 8.04. The fourth-order valence-electron chi connectivity index (χ4n) is 3.07. The summed E-state index contributed by atoms with van der Waals surface area (Å²) in [4.78, 5) is 0. The molecule has 0 saturated carbocycles. The molecule has 120 valence electrons. The van der Waals surface area contributed by atoms with Crippen LogP contribution >= 0.6 is 0 Å². The molecule has 0 aliphatic heterocycles. The Labute approximate surface area is 134 Å². The average Bonchev–Trinajstić information content (AvgIpc) is 2.53. The average molecular weight is 324 g/mol. The number of fused-ring (bicyclic) bond motifs is 6. The molecule has 6 nitrogen and oxygen atoms in total. The van der Waals surface area contributed by atoms with Crippen LogP contribution in [0.15, 0.2) is 36.4 Å². The lowest BCUT2D eigenvalue weighted by atomic mass is 9.93. The highest BCUT2D eigenvalue weighted by atomic mass is 16.3. The highest BCUT2D eigenvalue weighted by Gasteiger charge is 2.16. The van der Waals surface area contributed by atoms with Gasteiger partial charge >= 0.3 is 0 Å². The number of benzene rings is 4. The van der Waals surface area contributed by atoms with Crippen molar-refractivity contribution in [3.63, 3.8) is 0 Å². The van der Waals surface area contributed by atoms with Crippen LogP contribution in [0.2, 0.25) is 0 Å². The molecule has 0 spiro atoms. The number of rotatable bonds is 0. The SMILES string of the molecule is Oc1cc2c3cc(O)c(O)cc3c3cc(O)c(O)cc3c2cc1O. The van der Waals surface area contributed by atoms with Gasteiger partial charge in [-0.2, -0.15) is 0 Å². The second kappa shape index (κ2) is 4.48. The van der Waals surface area contributed by atoms with Crippen LogP contribution in [0.25, 0.3) is 32.3 Å². The Bertz CT molecular complexity index is 896. The van der Waals surface area contributed by atoms with Crippen LogP contribution < -0.4 is 0 Å². The molecule has 0 radical (unpaired) electrons. The van der Waals surface area contributed by atoms with Crippen LogP contribution in [-0.4, -0.2) is 30.6 Å². The minimum atomic E-state index is -0.335. The first-order valence-corrected chi connectivity index (χ1v) is 7.06. The van der Waals surface area contributed by atoms with Gasteiger partial charge in [0.25, 0.3) is 0 Å². The lowest BCUT2D eigenvalue weighted by Gasteiger charge is -2.13. The van der Waals surface area contributed by atoms with Gasteiger partial charge in [0.15, 0.2) is 34.5 Å². The Hall–Kier alpha value is -3.54. The fraction of sp³-hybridized carbons (Fsp3) is 0. The molecule has 0 aliphatic carbocycles. The van der Waals surface area contributed by atoms with Gasteiger partial charge in [0, 0.05) is 0 Å². The summed E-state index contributed by atoms with van der Waals surface area (Å²) in [6.07, 6.45) is 0. The Kier molecular flexibility index (Phi) is 2.63. The van der Waals surface area contributed by atoms with Crippen molar-refractivity contribution in [1.29, 1.82) is 0 Å². The van der Waals surface area contributed by atoms with Crippen molar-refractivity contribution in [3.05, 3.63) is 36.4 Å². The summed E-state index contributed by atoms with van der Waals surface area (Å²) in [5.74, 6) is -2.01. The van der Waals surface area contributed by atoms with Crippen molar-refractivity contribution >= 4 is 32.3 Å².